The zero-order valence-corrected chi connectivity index (χ0v) is 11.5. The maximum atomic E-state index is 12.2. The molecular formula is C15H14N2O4. The first kappa shape index (κ1) is 14.5. The molecule has 0 atom stereocenters. The van der Waals surface area contributed by atoms with Crippen LogP contribution in [0.1, 0.15) is 5.56 Å². The minimum Gasteiger partial charge on any atom is -0.497 e. The smallest absolute Gasteiger partial charge is 0.331 e. The third-order valence-corrected chi connectivity index (χ3v) is 2.90. The fourth-order valence-corrected chi connectivity index (χ4v) is 1.89. The molecule has 0 saturated carbocycles. The summed E-state index contributed by atoms with van der Waals surface area (Å²) < 4.78 is 5.08. The van der Waals surface area contributed by atoms with Crippen molar-refractivity contribution in [2.24, 2.45) is 0 Å². The van der Waals surface area contributed by atoms with E-state index in [1.165, 1.54) is 19.3 Å². The van der Waals surface area contributed by atoms with E-state index in [4.69, 9.17) is 4.74 Å². The van der Waals surface area contributed by atoms with E-state index >= 15 is 0 Å². The van der Waals surface area contributed by atoms with E-state index in [1.54, 1.807) is 24.3 Å². The standard InChI is InChI=1S/C15H14N2O4/c1-3-7-17-14(19)12(13(18)16-15(17)20)9-10-5-4-6-11(8-10)21-2/h3-6,8-9H,1,7H2,2H3,(H,16,18,20)/b12-9+. The van der Waals surface area contributed by atoms with E-state index in [0.717, 1.165) is 4.90 Å². The van der Waals surface area contributed by atoms with Crippen LogP contribution in [-0.2, 0) is 9.59 Å². The van der Waals surface area contributed by atoms with Gasteiger partial charge in [0.25, 0.3) is 11.8 Å². The van der Waals surface area contributed by atoms with Crippen LogP contribution in [0.15, 0.2) is 42.5 Å². The summed E-state index contributed by atoms with van der Waals surface area (Å²) in [6, 6.07) is 6.15. The molecule has 1 aliphatic rings. The molecule has 108 valence electrons. The van der Waals surface area contributed by atoms with Crippen molar-refractivity contribution in [2.75, 3.05) is 13.7 Å². The molecule has 0 unspecified atom stereocenters. The largest absolute Gasteiger partial charge is 0.497 e. The molecule has 4 amide bonds. The Labute approximate surface area is 121 Å². The molecule has 1 aliphatic heterocycles. The molecule has 6 nitrogen and oxygen atoms in total. The van der Waals surface area contributed by atoms with E-state index in [-0.39, 0.29) is 12.1 Å². The molecule has 2 rings (SSSR count). The SMILES string of the molecule is C=CCN1C(=O)NC(=O)/C(=C\c2cccc(OC)c2)C1=O. The number of barbiturate groups is 1. The molecule has 0 aromatic heterocycles. The number of nitrogens with one attached hydrogen (secondary N) is 1. The number of urea groups is 1. The molecule has 1 saturated heterocycles. The highest BCUT2D eigenvalue weighted by atomic mass is 16.5. The van der Waals surface area contributed by atoms with E-state index < -0.39 is 17.8 Å². The summed E-state index contributed by atoms with van der Waals surface area (Å²) in [5.41, 5.74) is 0.519. The summed E-state index contributed by atoms with van der Waals surface area (Å²) in [6.45, 7) is 3.51. The van der Waals surface area contributed by atoms with Gasteiger partial charge in [-0.15, -0.1) is 6.58 Å². The molecule has 21 heavy (non-hydrogen) atoms. The fraction of sp³-hybridized carbons (Fsp3) is 0.133. The van der Waals surface area contributed by atoms with E-state index in [0.29, 0.717) is 11.3 Å². The average molecular weight is 286 g/mol. The van der Waals surface area contributed by atoms with E-state index in [9.17, 15) is 14.4 Å². The average Bonchev–Trinajstić information content (AvgIpc) is 2.48. The number of hydrogen-bond acceptors (Lipinski definition) is 4. The Hall–Kier alpha value is -2.89. The highest BCUT2D eigenvalue weighted by Gasteiger charge is 2.34. The van der Waals surface area contributed by atoms with Gasteiger partial charge >= 0.3 is 6.03 Å². The topological polar surface area (TPSA) is 75.7 Å². The summed E-state index contributed by atoms with van der Waals surface area (Å²) in [6.07, 6.45) is 2.83. The molecule has 0 bridgehead atoms. The van der Waals surface area contributed by atoms with Gasteiger partial charge in [0.2, 0.25) is 0 Å². The van der Waals surface area contributed by atoms with Crippen molar-refractivity contribution in [1.82, 2.24) is 10.2 Å². The Morgan fingerprint density at radius 3 is 2.76 bits per heavy atom. The van der Waals surface area contributed by atoms with Crippen LogP contribution in [0.25, 0.3) is 6.08 Å². The second-order valence-corrected chi connectivity index (χ2v) is 4.30. The number of imide groups is 2. The van der Waals surface area contributed by atoms with Crippen molar-refractivity contribution < 1.29 is 19.1 Å². The summed E-state index contributed by atoms with van der Waals surface area (Å²) in [7, 11) is 1.52. The van der Waals surface area contributed by atoms with E-state index in [1.807, 2.05) is 0 Å². The van der Waals surface area contributed by atoms with Gasteiger partial charge in [0.05, 0.1) is 7.11 Å². The fourth-order valence-electron chi connectivity index (χ4n) is 1.89. The lowest BCUT2D eigenvalue weighted by Gasteiger charge is -2.25. The van der Waals surface area contributed by atoms with Crippen LogP contribution in [0, 0.1) is 0 Å². The molecule has 0 radical (unpaired) electrons. The molecule has 1 fully saturated rings. The van der Waals surface area contributed by atoms with Crippen LogP contribution in [0.5, 0.6) is 5.75 Å². The Kier molecular flexibility index (Phi) is 4.18. The summed E-state index contributed by atoms with van der Waals surface area (Å²) in [4.78, 5) is 36.5. The normalized spacial score (nSPS) is 16.9. The molecule has 0 aliphatic carbocycles. The van der Waals surface area contributed by atoms with Gasteiger partial charge in [-0.25, -0.2) is 4.79 Å². The number of hydrogen-bond donors (Lipinski definition) is 1. The third kappa shape index (κ3) is 3.00. The first-order valence-electron chi connectivity index (χ1n) is 6.20. The van der Waals surface area contributed by atoms with Gasteiger partial charge in [0.1, 0.15) is 11.3 Å². The van der Waals surface area contributed by atoms with Gasteiger partial charge in [0.15, 0.2) is 0 Å². The number of ether oxygens (including phenoxy) is 1. The highest BCUT2D eigenvalue weighted by molar-refractivity contribution is 6.31. The number of rotatable bonds is 4. The Morgan fingerprint density at radius 1 is 1.33 bits per heavy atom. The van der Waals surface area contributed by atoms with Gasteiger partial charge in [-0.05, 0) is 23.8 Å². The number of benzene rings is 1. The lowest BCUT2D eigenvalue weighted by atomic mass is 10.1. The predicted molar refractivity (Wildman–Crippen MR) is 76.4 cm³/mol. The molecule has 1 N–H and O–H groups in total. The monoisotopic (exact) mass is 286 g/mol. The molecule has 1 aromatic rings. The van der Waals surface area contributed by atoms with Gasteiger partial charge in [-0.2, -0.15) is 0 Å². The van der Waals surface area contributed by atoms with Crippen molar-refractivity contribution in [3.8, 4) is 5.75 Å². The summed E-state index contributed by atoms with van der Waals surface area (Å²) in [5.74, 6) is -0.758. The molecular weight excluding hydrogens is 272 g/mol. The molecule has 1 aromatic carbocycles. The van der Waals surface area contributed by atoms with Crippen molar-refractivity contribution in [3.63, 3.8) is 0 Å². The maximum absolute atomic E-state index is 12.2. The number of methoxy groups -OCH3 is 1. The van der Waals surface area contributed by atoms with Crippen LogP contribution in [0.4, 0.5) is 4.79 Å². The molecule has 6 heteroatoms. The Morgan fingerprint density at radius 2 is 2.10 bits per heavy atom. The first-order chi connectivity index (χ1) is 10.1. The Bertz CT molecular complexity index is 649. The lowest BCUT2D eigenvalue weighted by molar-refractivity contribution is -0.129. The number of carbonyl (C=O) groups excluding carboxylic acids is 3. The second-order valence-electron chi connectivity index (χ2n) is 4.30. The van der Waals surface area contributed by atoms with Crippen LogP contribution < -0.4 is 10.1 Å². The Balaban J connectivity index is 2.37. The van der Waals surface area contributed by atoms with Gasteiger partial charge in [-0.1, -0.05) is 18.2 Å². The van der Waals surface area contributed by atoms with Crippen LogP contribution in [0.3, 0.4) is 0 Å². The number of nitrogens with zero attached hydrogens (tertiary/aromatic N) is 1. The van der Waals surface area contributed by atoms with Crippen molar-refractivity contribution >= 4 is 23.9 Å². The van der Waals surface area contributed by atoms with Crippen LogP contribution in [0.2, 0.25) is 0 Å². The zero-order chi connectivity index (χ0) is 15.4. The minimum atomic E-state index is -0.743. The van der Waals surface area contributed by atoms with Crippen molar-refractivity contribution in [3.05, 3.63) is 48.1 Å². The lowest BCUT2D eigenvalue weighted by Crippen LogP contribution is -2.54. The highest BCUT2D eigenvalue weighted by Crippen LogP contribution is 2.18. The molecule has 0 spiro atoms. The van der Waals surface area contributed by atoms with Crippen molar-refractivity contribution in [2.45, 2.75) is 0 Å². The summed E-state index contributed by atoms with van der Waals surface area (Å²) >= 11 is 0. The van der Waals surface area contributed by atoms with Crippen LogP contribution in [-0.4, -0.2) is 36.4 Å². The molecule has 1 heterocycles. The predicted octanol–water partition coefficient (Wildman–Crippen LogP) is 1.34. The maximum Gasteiger partial charge on any atom is 0.331 e. The third-order valence-electron chi connectivity index (χ3n) is 2.90. The van der Waals surface area contributed by atoms with E-state index in [2.05, 4.69) is 11.9 Å². The first-order valence-corrected chi connectivity index (χ1v) is 6.20. The van der Waals surface area contributed by atoms with Crippen LogP contribution >= 0.6 is 0 Å². The van der Waals surface area contributed by atoms with Gasteiger partial charge < -0.3 is 4.74 Å². The second kappa shape index (κ2) is 6.04. The number of carbonyl (C=O) groups is 3. The quantitative estimate of drug-likeness (QED) is 0.515. The van der Waals surface area contributed by atoms with Gasteiger partial charge in [0, 0.05) is 6.54 Å². The van der Waals surface area contributed by atoms with Gasteiger partial charge in [-0.3, -0.25) is 19.8 Å². The van der Waals surface area contributed by atoms with Crippen molar-refractivity contribution in [1.29, 1.82) is 0 Å². The summed E-state index contributed by atoms with van der Waals surface area (Å²) in [5, 5.41) is 2.12. The zero-order valence-electron chi connectivity index (χ0n) is 11.5. The minimum absolute atomic E-state index is 0.0351. The number of amides is 4.